The van der Waals surface area contributed by atoms with Crippen molar-refractivity contribution >= 4 is 5.91 Å². The number of aromatic nitrogens is 2. The summed E-state index contributed by atoms with van der Waals surface area (Å²) in [7, 11) is 3.51. The van der Waals surface area contributed by atoms with Gasteiger partial charge in [-0.25, -0.2) is 0 Å². The molecule has 1 fully saturated rings. The minimum absolute atomic E-state index is 0.0399. The van der Waals surface area contributed by atoms with Crippen LogP contribution in [0.4, 0.5) is 0 Å². The summed E-state index contributed by atoms with van der Waals surface area (Å²) in [4.78, 5) is 14.5. The molecule has 0 bridgehead atoms. The van der Waals surface area contributed by atoms with Crippen molar-refractivity contribution in [3.05, 3.63) is 17.5 Å². The van der Waals surface area contributed by atoms with Crippen LogP contribution in [0.5, 0.6) is 0 Å². The van der Waals surface area contributed by atoms with Crippen LogP contribution >= 0.6 is 0 Å². The zero-order valence-electron chi connectivity index (χ0n) is 13.2. The Morgan fingerprint density at radius 3 is 3.10 bits per heavy atom. The Morgan fingerprint density at radius 1 is 1.57 bits per heavy atom. The van der Waals surface area contributed by atoms with E-state index in [4.69, 9.17) is 9.47 Å². The predicted molar refractivity (Wildman–Crippen MR) is 79.3 cm³/mol. The van der Waals surface area contributed by atoms with Gasteiger partial charge in [0.15, 0.2) is 0 Å². The number of nitrogens with zero attached hydrogens (tertiary/aromatic N) is 3. The highest BCUT2D eigenvalue weighted by atomic mass is 16.5. The second-order valence-electron chi connectivity index (χ2n) is 5.42. The standard InChI is InChI=1S/C15H25N3O3/c1-4-5-12-10-14(17(2)16-12)15(19)18-7-9-21-13(11-18)6-8-20-3/h10,13H,4-9,11H2,1-3H3/t13-/m0/s1. The van der Waals surface area contributed by atoms with Gasteiger partial charge in [-0.3, -0.25) is 9.48 Å². The third-order valence-corrected chi connectivity index (χ3v) is 3.73. The lowest BCUT2D eigenvalue weighted by Gasteiger charge is -2.32. The van der Waals surface area contributed by atoms with Crippen molar-refractivity contribution in [1.82, 2.24) is 14.7 Å². The van der Waals surface area contributed by atoms with E-state index < -0.39 is 0 Å². The SMILES string of the molecule is CCCc1cc(C(=O)N2CCO[C@@H](CCOC)C2)n(C)n1. The summed E-state index contributed by atoms with van der Waals surface area (Å²) in [5.41, 5.74) is 1.64. The Labute approximate surface area is 126 Å². The van der Waals surface area contributed by atoms with E-state index in [0.717, 1.165) is 25.0 Å². The summed E-state index contributed by atoms with van der Waals surface area (Å²) >= 11 is 0. The van der Waals surface area contributed by atoms with Gasteiger partial charge in [0.25, 0.3) is 5.91 Å². The second-order valence-corrected chi connectivity index (χ2v) is 5.42. The third kappa shape index (κ3) is 4.04. The summed E-state index contributed by atoms with van der Waals surface area (Å²) in [5.74, 6) is 0.0399. The van der Waals surface area contributed by atoms with Gasteiger partial charge in [-0.15, -0.1) is 0 Å². The topological polar surface area (TPSA) is 56.6 Å². The lowest BCUT2D eigenvalue weighted by molar-refractivity contribution is -0.0335. The molecule has 1 aliphatic heterocycles. The maximum atomic E-state index is 12.6. The number of methoxy groups -OCH3 is 1. The first-order valence-corrected chi connectivity index (χ1v) is 7.58. The average Bonchev–Trinajstić information content (AvgIpc) is 2.86. The first kappa shape index (κ1) is 16.0. The molecule has 0 N–H and O–H groups in total. The smallest absolute Gasteiger partial charge is 0.272 e. The van der Waals surface area contributed by atoms with Gasteiger partial charge in [-0.1, -0.05) is 13.3 Å². The maximum absolute atomic E-state index is 12.6. The molecule has 0 spiro atoms. The van der Waals surface area contributed by atoms with Gasteiger partial charge in [0.2, 0.25) is 0 Å². The lowest BCUT2D eigenvalue weighted by Crippen LogP contribution is -2.46. The molecule has 1 saturated heterocycles. The molecule has 21 heavy (non-hydrogen) atoms. The highest BCUT2D eigenvalue weighted by Crippen LogP contribution is 2.14. The fourth-order valence-electron chi connectivity index (χ4n) is 2.59. The van der Waals surface area contributed by atoms with Gasteiger partial charge in [-0.05, 0) is 18.9 Å². The van der Waals surface area contributed by atoms with Gasteiger partial charge in [-0.2, -0.15) is 5.10 Å². The molecule has 1 aromatic rings. The van der Waals surface area contributed by atoms with E-state index in [2.05, 4.69) is 12.0 Å². The molecule has 118 valence electrons. The Kier molecular flexibility index (Phi) is 5.76. The molecular weight excluding hydrogens is 270 g/mol. The summed E-state index contributed by atoms with van der Waals surface area (Å²) in [6.07, 6.45) is 2.81. The minimum atomic E-state index is 0.0399. The number of morpholine rings is 1. The van der Waals surface area contributed by atoms with E-state index in [1.807, 2.05) is 18.0 Å². The van der Waals surface area contributed by atoms with E-state index in [1.165, 1.54) is 0 Å². The van der Waals surface area contributed by atoms with Crippen LogP contribution in [0, 0.1) is 0 Å². The Morgan fingerprint density at radius 2 is 2.38 bits per heavy atom. The largest absolute Gasteiger partial charge is 0.385 e. The van der Waals surface area contributed by atoms with Crippen LogP contribution in [-0.2, 0) is 22.9 Å². The molecule has 0 radical (unpaired) electrons. The first-order chi connectivity index (χ1) is 10.2. The van der Waals surface area contributed by atoms with Gasteiger partial charge in [0, 0.05) is 33.9 Å². The molecule has 6 nitrogen and oxygen atoms in total. The first-order valence-electron chi connectivity index (χ1n) is 7.58. The summed E-state index contributed by atoms with van der Waals surface area (Å²) in [5, 5.41) is 4.40. The molecule has 1 aliphatic rings. The van der Waals surface area contributed by atoms with Gasteiger partial charge >= 0.3 is 0 Å². The molecule has 0 unspecified atom stereocenters. The van der Waals surface area contributed by atoms with Crippen LogP contribution in [0.25, 0.3) is 0 Å². The number of rotatable bonds is 6. The number of hydrogen-bond donors (Lipinski definition) is 0. The van der Waals surface area contributed by atoms with Crippen molar-refractivity contribution in [2.24, 2.45) is 7.05 Å². The minimum Gasteiger partial charge on any atom is -0.385 e. The van der Waals surface area contributed by atoms with Gasteiger partial charge in [0.05, 0.1) is 18.4 Å². The van der Waals surface area contributed by atoms with Gasteiger partial charge < -0.3 is 14.4 Å². The monoisotopic (exact) mass is 295 g/mol. The van der Waals surface area contributed by atoms with Crippen LogP contribution in [0.1, 0.15) is 35.9 Å². The zero-order chi connectivity index (χ0) is 15.2. The number of carbonyl (C=O) groups is 1. The predicted octanol–water partition coefficient (Wildman–Crippen LogP) is 1.25. The molecule has 1 atom stereocenters. The van der Waals surface area contributed by atoms with Crippen LogP contribution in [0.2, 0.25) is 0 Å². The van der Waals surface area contributed by atoms with E-state index in [0.29, 0.717) is 32.0 Å². The van der Waals surface area contributed by atoms with E-state index in [-0.39, 0.29) is 12.0 Å². The molecule has 1 amide bonds. The number of aryl methyl sites for hydroxylation is 2. The van der Waals surface area contributed by atoms with E-state index >= 15 is 0 Å². The number of carbonyl (C=O) groups excluding carboxylic acids is 1. The average molecular weight is 295 g/mol. The van der Waals surface area contributed by atoms with Crippen molar-refractivity contribution in [2.75, 3.05) is 33.4 Å². The van der Waals surface area contributed by atoms with Crippen LogP contribution in [0.3, 0.4) is 0 Å². The Bertz CT molecular complexity index is 473. The molecular formula is C15H25N3O3. The van der Waals surface area contributed by atoms with Crippen molar-refractivity contribution in [1.29, 1.82) is 0 Å². The lowest BCUT2D eigenvalue weighted by atomic mass is 10.2. The van der Waals surface area contributed by atoms with Gasteiger partial charge in [0.1, 0.15) is 5.69 Å². The summed E-state index contributed by atoms with van der Waals surface area (Å²) in [6, 6.07) is 1.91. The van der Waals surface area contributed by atoms with Crippen molar-refractivity contribution in [3.63, 3.8) is 0 Å². The summed E-state index contributed by atoms with van der Waals surface area (Å²) in [6.45, 7) is 4.60. The number of amides is 1. The molecule has 0 saturated carbocycles. The molecule has 2 heterocycles. The van der Waals surface area contributed by atoms with Crippen molar-refractivity contribution in [3.8, 4) is 0 Å². The quantitative estimate of drug-likeness (QED) is 0.792. The Hall–Kier alpha value is -1.40. The number of ether oxygens (including phenoxy) is 2. The van der Waals surface area contributed by atoms with E-state index in [9.17, 15) is 4.79 Å². The maximum Gasteiger partial charge on any atom is 0.272 e. The van der Waals surface area contributed by atoms with Crippen molar-refractivity contribution < 1.29 is 14.3 Å². The Balaban J connectivity index is 2.01. The van der Waals surface area contributed by atoms with E-state index in [1.54, 1.807) is 11.8 Å². The fourth-order valence-corrected chi connectivity index (χ4v) is 2.59. The van der Waals surface area contributed by atoms with Crippen LogP contribution in [0.15, 0.2) is 6.07 Å². The molecule has 0 aliphatic carbocycles. The normalized spacial score (nSPS) is 19.0. The molecule has 0 aromatic carbocycles. The molecule has 1 aromatic heterocycles. The third-order valence-electron chi connectivity index (χ3n) is 3.73. The molecule has 2 rings (SSSR count). The fraction of sp³-hybridized carbons (Fsp3) is 0.733. The van der Waals surface area contributed by atoms with Crippen molar-refractivity contribution in [2.45, 2.75) is 32.3 Å². The highest BCUT2D eigenvalue weighted by molar-refractivity contribution is 5.92. The summed E-state index contributed by atoms with van der Waals surface area (Å²) < 4.78 is 12.4. The second kappa shape index (κ2) is 7.56. The molecule has 6 heteroatoms. The highest BCUT2D eigenvalue weighted by Gasteiger charge is 2.26. The van der Waals surface area contributed by atoms with Crippen LogP contribution < -0.4 is 0 Å². The zero-order valence-corrected chi connectivity index (χ0v) is 13.2. The van der Waals surface area contributed by atoms with Crippen LogP contribution in [-0.4, -0.2) is 60.1 Å². The number of hydrogen-bond acceptors (Lipinski definition) is 4.